The van der Waals surface area contributed by atoms with Crippen LogP contribution < -0.4 is 0 Å². The summed E-state index contributed by atoms with van der Waals surface area (Å²) in [5, 5.41) is 0. The molecule has 0 bridgehead atoms. The van der Waals surface area contributed by atoms with E-state index in [0.717, 1.165) is 23.8 Å². The lowest BCUT2D eigenvalue weighted by Crippen LogP contribution is -1.89. The van der Waals surface area contributed by atoms with Crippen molar-refractivity contribution in [3.05, 3.63) is 60.3 Å². The van der Waals surface area contributed by atoms with Gasteiger partial charge in [-0.1, -0.05) is 18.7 Å². The Hall–Kier alpha value is -2.03. The molecule has 0 aliphatic heterocycles. The lowest BCUT2D eigenvalue weighted by atomic mass is 10.1. The van der Waals surface area contributed by atoms with E-state index in [1.54, 1.807) is 24.4 Å². The third-order valence-electron chi connectivity index (χ3n) is 2.23. The minimum Gasteiger partial charge on any atom is -0.256 e. The molecule has 0 aliphatic rings. The molecule has 80 valence electrons. The van der Waals surface area contributed by atoms with Gasteiger partial charge in [0, 0.05) is 11.8 Å². The van der Waals surface area contributed by atoms with Crippen LogP contribution in [0, 0.1) is 11.6 Å². The van der Waals surface area contributed by atoms with E-state index in [-0.39, 0.29) is 5.56 Å². The Balaban J connectivity index is 2.49. The van der Waals surface area contributed by atoms with Gasteiger partial charge in [0.05, 0.1) is 5.69 Å². The summed E-state index contributed by atoms with van der Waals surface area (Å²) in [6.45, 7) is 3.59. The Morgan fingerprint density at radius 1 is 1.12 bits per heavy atom. The molecule has 16 heavy (non-hydrogen) atoms. The zero-order valence-electron chi connectivity index (χ0n) is 8.45. The summed E-state index contributed by atoms with van der Waals surface area (Å²) in [6.07, 6.45) is 3.20. The predicted octanol–water partition coefficient (Wildman–Crippen LogP) is 3.67. The minimum absolute atomic E-state index is 0.163. The first-order valence-electron chi connectivity index (χ1n) is 4.74. The first-order valence-corrected chi connectivity index (χ1v) is 4.74. The third kappa shape index (κ3) is 1.98. The van der Waals surface area contributed by atoms with Crippen LogP contribution in [-0.4, -0.2) is 4.98 Å². The molecule has 1 nitrogen and oxygen atoms in total. The number of hydrogen-bond donors (Lipinski definition) is 0. The molecule has 0 spiro atoms. The van der Waals surface area contributed by atoms with E-state index in [1.165, 1.54) is 0 Å². The molecule has 2 rings (SSSR count). The number of rotatable bonds is 2. The summed E-state index contributed by atoms with van der Waals surface area (Å²) in [5.74, 6) is -0.966. The number of benzene rings is 1. The molecule has 1 aromatic heterocycles. The van der Waals surface area contributed by atoms with Crippen LogP contribution in [0.5, 0.6) is 0 Å². The van der Waals surface area contributed by atoms with Crippen molar-refractivity contribution >= 4 is 6.08 Å². The Bertz CT molecular complexity index is 518. The first kappa shape index (κ1) is 10.5. The smallest absolute Gasteiger partial charge is 0.132 e. The SMILES string of the molecule is C=Cc1ccc(-c2cc(F)ccc2F)nc1. The van der Waals surface area contributed by atoms with E-state index in [1.807, 2.05) is 0 Å². The zero-order valence-corrected chi connectivity index (χ0v) is 8.45. The van der Waals surface area contributed by atoms with Crippen molar-refractivity contribution in [1.82, 2.24) is 4.98 Å². The molecule has 0 radical (unpaired) electrons. The average molecular weight is 217 g/mol. The largest absolute Gasteiger partial charge is 0.256 e. The fourth-order valence-electron chi connectivity index (χ4n) is 1.38. The molecule has 1 heterocycles. The fourth-order valence-corrected chi connectivity index (χ4v) is 1.38. The molecule has 0 saturated carbocycles. The highest BCUT2D eigenvalue weighted by Gasteiger charge is 2.07. The van der Waals surface area contributed by atoms with Gasteiger partial charge in [0.1, 0.15) is 11.6 Å². The summed E-state index contributed by atoms with van der Waals surface area (Å²) in [6, 6.07) is 6.69. The second kappa shape index (κ2) is 4.23. The summed E-state index contributed by atoms with van der Waals surface area (Å²) < 4.78 is 26.4. The highest BCUT2D eigenvalue weighted by atomic mass is 19.1. The topological polar surface area (TPSA) is 12.9 Å². The lowest BCUT2D eigenvalue weighted by molar-refractivity contribution is 0.602. The average Bonchev–Trinajstić information content (AvgIpc) is 2.32. The fraction of sp³-hybridized carbons (Fsp3) is 0. The summed E-state index contributed by atoms with van der Waals surface area (Å²) >= 11 is 0. The molecular weight excluding hydrogens is 208 g/mol. The van der Waals surface area contributed by atoms with Crippen LogP contribution in [0.2, 0.25) is 0 Å². The van der Waals surface area contributed by atoms with Gasteiger partial charge in [-0.05, 0) is 29.8 Å². The normalized spacial score (nSPS) is 10.1. The van der Waals surface area contributed by atoms with Crippen LogP contribution >= 0.6 is 0 Å². The Morgan fingerprint density at radius 2 is 1.94 bits per heavy atom. The van der Waals surface area contributed by atoms with E-state index in [0.29, 0.717) is 5.69 Å². The number of hydrogen-bond acceptors (Lipinski definition) is 1. The molecular formula is C13H9F2N. The minimum atomic E-state index is -0.486. The quantitative estimate of drug-likeness (QED) is 0.747. The van der Waals surface area contributed by atoms with Crippen molar-refractivity contribution < 1.29 is 8.78 Å². The molecule has 1 aromatic carbocycles. The number of halogens is 2. The molecule has 2 aromatic rings. The Kier molecular flexibility index (Phi) is 2.77. The number of pyridine rings is 1. The highest BCUT2D eigenvalue weighted by molar-refractivity contribution is 5.61. The van der Waals surface area contributed by atoms with E-state index in [4.69, 9.17) is 0 Å². The van der Waals surface area contributed by atoms with Gasteiger partial charge in [-0.25, -0.2) is 8.78 Å². The van der Waals surface area contributed by atoms with Crippen LogP contribution in [0.15, 0.2) is 43.1 Å². The molecule has 0 fully saturated rings. The van der Waals surface area contributed by atoms with E-state index in [9.17, 15) is 8.78 Å². The van der Waals surface area contributed by atoms with Crippen molar-refractivity contribution in [1.29, 1.82) is 0 Å². The first-order chi connectivity index (χ1) is 7.70. The summed E-state index contributed by atoms with van der Waals surface area (Å²) in [4.78, 5) is 4.04. The maximum atomic E-state index is 13.4. The van der Waals surface area contributed by atoms with Gasteiger partial charge in [-0.2, -0.15) is 0 Å². The molecule has 0 atom stereocenters. The molecule has 3 heteroatoms. The van der Waals surface area contributed by atoms with Crippen molar-refractivity contribution in [2.45, 2.75) is 0 Å². The Morgan fingerprint density at radius 3 is 2.56 bits per heavy atom. The Labute approximate surface area is 92.1 Å². The van der Waals surface area contributed by atoms with Crippen LogP contribution in [-0.2, 0) is 0 Å². The number of aromatic nitrogens is 1. The van der Waals surface area contributed by atoms with Gasteiger partial charge in [0.2, 0.25) is 0 Å². The monoisotopic (exact) mass is 217 g/mol. The van der Waals surface area contributed by atoms with Gasteiger partial charge >= 0.3 is 0 Å². The van der Waals surface area contributed by atoms with Crippen molar-refractivity contribution in [2.75, 3.05) is 0 Å². The summed E-state index contributed by atoms with van der Waals surface area (Å²) in [7, 11) is 0. The number of nitrogens with zero attached hydrogens (tertiary/aromatic N) is 1. The molecule has 0 N–H and O–H groups in total. The van der Waals surface area contributed by atoms with Gasteiger partial charge in [-0.15, -0.1) is 0 Å². The van der Waals surface area contributed by atoms with Crippen LogP contribution in [0.1, 0.15) is 5.56 Å². The molecule has 0 saturated heterocycles. The van der Waals surface area contributed by atoms with Crippen molar-refractivity contribution in [3.8, 4) is 11.3 Å². The summed E-state index contributed by atoms with van der Waals surface area (Å²) in [5.41, 5.74) is 1.40. The molecule has 0 amide bonds. The van der Waals surface area contributed by atoms with E-state index in [2.05, 4.69) is 11.6 Å². The van der Waals surface area contributed by atoms with Crippen LogP contribution in [0.4, 0.5) is 8.78 Å². The van der Waals surface area contributed by atoms with Gasteiger partial charge < -0.3 is 0 Å². The van der Waals surface area contributed by atoms with Crippen molar-refractivity contribution in [2.24, 2.45) is 0 Å². The standard InChI is InChI=1S/C13H9F2N/c1-2-9-3-6-13(16-8-9)11-7-10(14)4-5-12(11)15/h2-8H,1H2. The maximum absolute atomic E-state index is 13.4. The maximum Gasteiger partial charge on any atom is 0.132 e. The zero-order chi connectivity index (χ0) is 11.5. The van der Waals surface area contributed by atoms with Gasteiger partial charge in [0.15, 0.2) is 0 Å². The second-order valence-corrected chi connectivity index (χ2v) is 3.31. The van der Waals surface area contributed by atoms with Crippen LogP contribution in [0.3, 0.4) is 0 Å². The third-order valence-corrected chi connectivity index (χ3v) is 2.23. The predicted molar refractivity (Wildman–Crippen MR) is 59.7 cm³/mol. The van der Waals surface area contributed by atoms with Crippen LogP contribution in [0.25, 0.3) is 17.3 Å². The second-order valence-electron chi connectivity index (χ2n) is 3.31. The van der Waals surface area contributed by atoms with E-state index >= 15 is 0 Å². The van der Waals surface area contributed by atoms with Gasteiger partial charge in [0.25, 0.3) is 0 Å². The highest BCUT2D eigenvalue weighted by Crippen LogP contribution is 2.21. The van der Waals surface area contributed by atoms with E-state index < -0.39 is 11.6 Å². The molecule has 0 aliphatic carbocycles. The van der Waals surface area contributed by atoms with Gasteiger partial charge in [-0.3, -0.25) is 4.98 Å². The molecule has 0 unspecified atom stereocenters. The lowest BCUT2D eigenvalue weighted by Gasteiger charge is -2.03. The van der Waals surface area contributed by atoms with Crippen molar-refractivity contribution in [3.63, 3.8) is 0 Å².